The first-order chi connectivity index (χ1) is 22.9. The number of carbonyl (C=O) groups excluding carboxylic acids is 3. The number of rotatable bonds is 17. The van der Waals surface area contributed by atoms with Gasteiger partial charge < -0.3 is 23.8 Å². The fourth-order valence-electron chi connectivity index (χ4n) is 6.87. The van der Waals surface area contributed by atoms with Crippen LogP contribution in [-0.4, -0.2) is 122 Å². The monoisotopic (exact) mass is 657 g/mol. The Kier molecular flexibility index (Phi) is 13.4. The largest absolute Gasteiger partial charge is 0.379 e. The molecule has 13 nitrogen and oxygen atoms in total. The van der Waals surface area contributed by atoms with E-state index in [-0.39, 0.29) is 30.5 Å². The van der Waals surface area contributed by atoms with E-state index in [0.29, 0.717) is 64.2 Å². The lowest BCUT2D eigenvalue weighted by molar-refractivity contribution is -0.139. The number of piperazine rings is 1. The fourth-order valence-corrected chi connectivity index (χ4v) is 6.87. The number of imidazole rings is 1. The van der Waals surface area contributed by atoms with Crippen molar-refractivity contribution >= 4 is 28.8 Å². The van der Waals surface area contributed by atoms with Gasteiger partial charge in [-0.15, -0.1) is 0 Å². The number of aryl methyl sites for hydroxylation is 2. The highest BCUT2D eigenvalue weighted by Crippen LogP contribution is 2.25. The molecule has 2 aliphatic heterocycles. The number of aromatic nitrogens is 2. The summed E-state index contributed by atoms with van der Waals surface area (Å²) in [6.45, 7) is 6.90. The van der Waals surface area contributed by atoms with Crippen LogP contribution in [0.5, 0.6) is 0 Å². The van der Waals surface area contributed by atoms with Crippen LogP contribution >= 0.6 is 0 Å². The minimum Gasteiger partial charge on any atom is -0.379 e. The van der Waals surface area contributed by atoms with Crippen molar-refractivity contribution in [3.8, 4) is 0 Å². The SMILES string of the molecule is Cn1c(=O)n(C2CCC(=O)NC2=O)c2ccc(CCCOCCOCCOCCOCC(=O)N3CCN(C4CCCCC4)CC3)cc21. The van der Waals surface area contributed by atoms with Gasteiger partial charge in [0.25, 0.3) is 0 Å². The van der Waals surface area contributed by atoms with Gasteiger partial charge in [0.2, 0.25) is 17.7 Å². The van der Waals surface area contributed by atoms with Gasteiger partial charge in [0.1, 0.15) is 12.6 Å². The van der Waals surface area contributed by atoms with Gasteiger partial charge in [-0.3, -0.25) is 33.7 Å². The Hall–Kier alpha value is -3.10. The molecule has 1 atom stereocenters. The Bertz CT molecular complexity index is 1390. The fraction of sp³-hybridized carbons (Fsp3) is 0.706. The van der Waals surface area contributed by atoms with E-state index >= 15 is 0 Å². The lowest BCUT2D eigenvalue weighted by atomic mass is 9.94. The first-order valence-electron chi connectivity index (χ1n) is 17.3. The molecule has 1 aromatic carbocycles. The van der Waals surface area contributed by atoms with Crippen molar-refractivity contribution in [2.45, 2.75) is 69.9 Å². The first-order valence-corrected chi connectivity index (χ1v) is 17.3. The average molecular weight is 658 g/mol. The van der Waals surface area contributed by atoms with Gasteiger partial charge in [0, 0.05) is 52.3 Å². The zero-order valence-corrected chi connectivity index (χ0v) is 27.8. The lowest BCUT2D eigenvalue weighted by Crippen LogP contribution is -2.53. The molecule has 1 unspecified atom stereocenters. The number of nitrogens with zero attached hydrogens (tertiary/aromatic N) is 4. The summed E-state index contributed by atoms with van der Waals surface area (Å²) >= 11 is 0. The number of hydrogen-bond donors (Lipinski definition) is 1. The molecular weight excluding hydrogens is 606 g/mol. The molecule has 3 heterocycles. The second kappa shape index (κ2) is 17.9. The van der Waals surface area contributed by atoms with Gasteiger partial charge in [-0.05, 0) is 49.8 Å². The van der Waals surface area contributed by atoms with E-state index in [1.807, 2.05) is 23.1 Å². The lowest BCUT2D eigenvalue weighted by Gasteiger charge is -2.40. The van der Waals surface area contributed by atoms with E-state index in [1.165, 1.54) is 36.7 Å². The second-order valence-corrected chi connectivity index (χ2v) is 12.7. The number of nitrogens with one attached hydrogen (secondary N) is 1. The molecular formula is C34H51N5O8. The summed E-state index contributed by atoms with van der Waals surface area (Å²) in [4.78, 5) is 53.8. The van der Waals surface area contributed by atoms with E-state index in [4.69, 9.17) is 18.9 Å². The van der Waals surface area contributed by atoms with Gasteiger partial charge in [-0.1, -0.05) is 25.3 Å². The zero-order chi connectivity index (χ0) is 33.0. The van der Waals surface area contributed by atoms with E-state index in [0.717, 1.165) is 50.1 Å². The number of benzene rings is 1. The van der Waals surface area contributed by atoms with Crippen molar-refractivity contribution in [3.63, 3.8) is 0 Å². The molecule has 3 amide bonds. The Labute approximate surface area is 276 Å². The maximum absolute atomic E-state index is 12.9. The van der Waals surface area contributed by atoms with Crippen LogP contribution in [0.25, 0.3) is 11.0 Å². The third kappa shape index (κ3) is 9.73. The Balaban J connectivity index is 0.858. The van der Waals surface area contributed by atoms with Crippen molar-refractivity contribution in [2.75, 3.05) is 79.0 Å². The number of fused-ring (bicyclic) bond motifs is 1. The molecule has 2 saturated heterocycles. The maximum atomic E-state index is 12.9. The summed E-state index contributed by atoms with van der Waals surface area (Å²) in [7, 11) is 1.70. The van der Waals surface area contributed by atoms with Crippen LogP contribution in [0.4, 0.5) is 0 Å². The van der Waals surface area contributed by atoms with Crippen LogP contribution in [0.15, 0.2) is 23.0 Å². The minimum absolute atomic E-state index is 0.0615. The molecule has 0 radical (unpaired) electrons. The molecule has 13 heteroatoms. The van der Waals surface area contributed by atoms with Crippen LogP contribution < -0.4 is 11.0 Å². The smallest absolute Gasteiger partial charge is 0.329 e. The molecule has 5 rings (SSSR count). The van der Waals surface area contributed by atoms with Crippen molar-refractivity contribution in [2.24, 2.45) is 7.05 Å². The van der Waals surface area contributed by atoms with Crippen LogP contribution in [0.3, 0.4) is 0 Å². The third-order valence-electron chi connectivity index (χ3n) is 9.53. The normalized spacial score (nSPS) is 19.9. The maximum Gasteiger partial charge on any atom is 0.329 e. The van der Waals surface area contributed by atoms with Gasteiger partial charge in [0.15, 0.2) is 0 Å². The van der Waals surface area contributed by atoms with Gasteiger partial charge >= 0.3 is 5.69 Å². The third-order valence-corrected chi connectivity index (χ3v) is 9.53. The molecule has 1 aliphatic carbocycles. The second-order valence-electron chi connectivity index (χ2n) is 12.7. The molecule has 47 heavy (non-hydrogen) atoms. The molecule has 260 valence electrons. The van der Waals surface area contributed by atoms with Crippen molar-refractivity contribution in [1.82, 2.24) is 24.3 Å². The summed E-state index contributed by atoms with van der Waals surface area (Å²) in [6, 6.07) is 5.84. The number of amides is 3. The van der Waals surface area contributed by atoms with E-state index in [1.54, 1.807) is 11.6 Å². The van der Waals surface area contributed by atoms with E-state index in [2.05, 4.69) is 10.2 Å². The van der Waals surface area contributed by atoms with Crippen LogP contribution in [0, 0.1) is 0 Å². The summed E-state index contributed by atoms with van der Waals surface area (Å²) in [5.41, 5.74) is 2.25. The van der Waals surface area contributed by atoms with Gasteiger partial charge in [0.05, 0.1) is 50.7 Å². The molecule has 3 aliphatic rings. The quantitative estimate of drug-likeness (QED) is 0.200. The van der Waals surface area contributed by atoms with Crippen molar-refractivity contribution in [3.05, 3.63) is 34.2 Å². The predicted molar refractivity (Wildman–Crippen MR) is 175 cm³/mol. The Morgan fingerprint density at radius 3 is 2.15 bits per heavy atom. The highest BCUT2D eigenvalue weighted by Gasteiger charge is 2.31. The van der Waals surface area contributed by atoms with E-state index in [9.17, 15) is 19.2 Å². The summed E-state index contributed by atoms with van der Waals surface area (Å²) in [6.07, 6.45) is 8.77. The van der Waals surface area contributed by atoms with Gasteiger partial charge in [-0.2, -0.15) is 0 Å². The van der Waals surface area contributed by atoms with Crippen molar-refractivity contribution < 1.29 is 33.3 Å². The topological polar surface area (TPSA) is 134 Å². The molecule has 2 aromatic rings. The number of piperidine rings is 1. The highest BCUT2D eigenvalue weighted by molar-refractivity contribution is 6.00. The zero-order valence-electron chi connectivity index (χ0n) is 27.8. The Morgan fingerprint density at radius 1 is 0.809 bits per heavy atom. The minimum atomic E-state index is -0.685. The van der Waals surface area contributed by atoms with Crippen LogP contribution in [0.1, 0.15) is 63.0 Å². The molecule has 0 bridgehead atoms. The first kappa shape index (κ1) is 35.2. The molecule has 1 saturated carbocycles. The summed E-state index contributed by atoms with van der Waals surface area (Å²) < 4.78 is 25.4. The highest BCUT2D eigenvalue weighted by atomic mass is 16.6. The number of ether oxygens (including phenoxy) is 4. The standard InChI is InChI=1S/C34H51N5O8/c1-36-30-24-26(9-10-28(30)39(34(36)43)29-11-12-31(40)35-33(29)42)6-5-17-44-18-19-45-20-21-46-22-23-47-25-32(41)38-15-13-37(14-16-38)27-7-3-2-4-8-27/h9-10,24,27,29H,2-8,11-23,25H2,1H3,(H,35,40,42). The summed E-state index contributed by atoms with van der Waals surface area (Å²) in [5, 5.41) is 2.34. The van der Waals surface area contributed by atoms with Gasteiger partial charge in [-0.25, -0.2) is 4.79 Å². The molecule has 0 spiro atoms. The number of hydrogen-bond acceptors (Lipinski definition) is 9. The molecule has 1 N–H and O–H groups in total. The average Bonchev–Trinajstić information content (AvgIpc) is 3.33. The molecule has 1 aromatic heterocycles. The summed E-state index contributed by atoms with van der Waals surface area (Å²) in [5.74, 6) is -0.677. The number of carbonyl (C=O) groups is 3. The van der Waals surface area contributed by atoms with Crippen LogP contribution in [0.2, 0.25) is 0 Å². The number of imide groups is 1. The molecule has 3 fully saturated rings. The van der Waals surface area contributed by atoms with Crippen molar-refractivity contribution in [1.29, 1.82) is 0 Å². The Morgan fingerprint density at radius 2 is 1.47 bits per heavy atom. The predicted octanol–water partition coefficient (Wildman–Crippen LogP) is 1.79. The van der Waals surface area contributed by atoms with E-state index < -0.39 is 11.9 Å². The van der Waals surface area contributed by atoms with Crippen LogP contribution in [-0.2, 0) is 46.8 Å².